The van der Waals surface area contributed by atoms with Gasteiger partial charge in [0.2, 0.25) is 0 Å². The summed E-state index contributed by atoms with van der Waals surface area (Å²) < 4.78 is 0. The largest absolute Gasteiger partial charge is 0.303 e. The first-order valence-corrected chi connectivity index (χ1v) is 7.37. The Morgan fingerprint density at radius 1 is 1.33 bits per heavy atom. The van der Waals surface area contributed by atoms with Crippen molar-refractivity contribution in [1.29, 1.82) is 5.26 Å². The molecule has 3 heteroatoms. The van der Waals surface area contributed by atoms with E-state index in [1.165, 1.54) is 19.5 Å². The zero-order valence-corrected chi connectivity index (χ0v) is 12.5. The smallest absolute Gasteiger partial charge is 0.103 e. The minimum atomic E-state index is -0.345. The van der Waals surface area contributed by atoms with E-state index in [1.807, 2.05) is 6.92 Å². The molecule has 1 fully saturated rings. The van der Waals surface area contributed by atoms with Crippen LogP contribution in [0.25, 0.3) is 0 Å². The van der Waals surface area contributed by atoms with Gasteiger partial charge in [0.05, 0.1) is 6.07 Å². The molecule has 0 spiro atoms. The maximum atomic E-state index is 9.21. The van der Waals surface area contributed by atoms with Crippen molar-refractivity contribution in [1.82, 2.24) is 10.2 Å². The molecule has 3 atom stereocenters. The molecular weight excluding hydrogens is 222 g/mol. The molecule has 3 unspecified atom stereocenters. The van der Waals surface area contributed by atoms with E-state index in [9.17, 15) is 5.26 Å². The molecule has 0 aliphatic carbocycles. The quantitative estimate of drug-likeness (QED) is 0.789. The van der Waals surface area contributed by atoms with Crippen molar-refractivity contribution in [3.63, 3.8) is 0 Å². The Labute approximate surface area is 113 Å². The molecule has 1 heterocycles. The van der Waals surface area contributed by atoms with Gasteiger partial charge in [0, 0.05) is 13.1 Å². The van der Waals surface area contributed by atoms with Crippen LogP contribution < -0.4 is 5.32 Å². The van der Waals surface area contributed by atoms with Crippen LogP contribution in [-0.4, -0.2) is 36.6 Å². The lowest BCUT2D eigenvalue weighted by Gasteiger charge is -2.35. The van der Waals surface area contributed by atoms with Crippen LogP contribution in [0.3, 0.4) is 0 Å². The normalized spacial score (nSPS) is 28.6. The summed E-state index contributed by atoms with van der Waals surface area (Å²) >= 11 is 0. The first-order chi connectivity index (χ1) is 8.49. The lowest BCUT2D eigenvalue weighted by atomic mass is 9.91. The van der Waals surface area contributed by atoms with Crippen LogP contribution in [0.4, 0.5) is 0 Å². The molecule has 0 aromatic carbocycles. The van der Waals surface area contributed by atoms with Crippen LogP contribution in [0, 0.1) is 23.2 Å². The highest BCUT2D eigenvalue weighted by molar-refractivity contribution is 5.03. The first kappa shape index (κ1) is 15.5. The average molecular weight is 251 g/mol. The fraction of sp³-hybridized carbons (Fsp3) is 0.933. The van der Waals surface area contributed by atoms with Crippen molar-refractivity contribution in [3.8, 4) is 6.07 Å². The summed E-state index contributed by atoms with van der Waals surface area (Å²) in [6, 6.07) is 2.41. The van der Waals surface area contributed by atoms with Gasteiger partial charge in [-0.2, -0.15) is 5.26 Å². The number of rotatable bonds is 6. The minimum Gasteiger partial charge on any atom is -0.303 e. The number of piperidine rings is 1. The van der Waals surface area contributed by atoms with E-state index < -0.39 is 0 Å². The van der Waals surface area contributed by atoms with Crippen LogP contribution in [-0.2, 0) is 0 Å². The van der Waals surface area contributed by atoms with Crippen molar-refractivity contribution < 1.29 is 0 Å². The predicted molar refractivity (Wildman–Crippen MR) is 76.3 cm³/mol. The lowest BCUT2D eigenvalue weighted by molar-refractivity contribution is 0.136. The van der Waals surface area contributed by atoms with Gasteiger partial charge in [-0.1, -0.05) is 20.8 Å². The molecule has 1 rings (SSSR count). The number of likely N-dealkylation sites (tertiary alicyclic amines) is 1. The van der Waals surface area contributed by atoms with Crippen LogP contribution >= 0.6 is 0 Å². The molecule has 3 nitrogen and oxygen atoms in total. The topological polar surface area (TPSA) is 39.1 Å². The Bertz CT molecular complexity index is 274. The van der Waals surface area contributed by atoms with Gasteiger partial charge in [-0.15, -0.1) is 0 Å². The third-order valence-electron chi connectivity index (χ3n) is 3.91. The van der Waals surface area contributed by atoms with E-state index in [0.29, 0.717) is 0 Å². The van der Waals surface area contributed by atoms with E-state index >= 15 is 0 Å². The molecule has 0 aromatic heterocycles. The fourth-order valence-corrected chi connectivity index (χ4v) is 3.20. The first-order valence-electron chi connectivity index (χ1n) is 7.37. The molecule has 1 aliphatic heterocycles. The summed E-state index contributed by atoms with van der Waals surface area (Å²) in [5.74, 6) is 1.65. The highest BCUT2D eigenvalue weighted by Crippen LogP contribution is 2.21. The summed E-state index contributed by atoms with van der Waals surface area (Å²) in [4.78, 5) is 2.57. The molecule has 104 valence electrons. The molecule has 0 amide bonds. The van der Waals surface area contributed by atoms with Crippen LogP contribution in [0.1, 0.15) is 47.0 Å². The number of hydrogen-bond donors (Lipinski definition) is 1. The van der Waals surface area contributed by atoms with Gasteiger partial charge in [-0.25, -0.2) is 0 Å². The van der Waals surface area contributed by atoms with Gasteiger partial charge < -0.3 is 4.90 Å². The standard InChI is InChI=1S/C15H29N3/c1-5-17-15(4,12-16)7-6-8-18-10-13(2)9-14(3)11-18/h13-14,17H,5-11H2,1-4H3. The Morgan fingerprint density at radius 2 is 1.94 bits per heavy atom. The molecule has 0 saturated carbocycles. The molecule has 0 radical (unpaired) electrons. The third-order valence-corrected chi connectivity index (χ3v) is 3.91. The fourth-order valence-electron chi connectivity index (χ4n) is 3.20. The molecule has 0 bridgehead atoms. The predicted octanol–water partition coefficient (Wildman–Crippen LogP) is 2.64. The maximum Gasteiger partial charge on any atom is 0.103 e. The van der Waals surface area contributed by atoms with Crippen LogP contribution in [0.5, 0.6) is 0 Å². The zero-order chi connectivity index (χ0) is 13.6. The van der Waals surface area contributed by atoms with Gasteiger partial charge in [0.25, 0.3) is 0 Å². The van der Waals surface area contributed by atoms with Gasteiger partial charge in [-0.05, 0) is 51.1 Å². The summed E-state index contributed by atoms with van der Waals surface area (Å²) in [5.41, 5.74) is -0.345. The van der Waals surface area contributed by atoms with E-state index in [2.05, 4.69) is 37.1 Å². The number of nitrogens with zero attached hydrogens (tertiary/aromatic N) is 2. The summed E-state index contributed by atoms with van der Waals surface area (Å²) in [6.45, 7) is 13.2. The maximum absolute atomic E-state index is 9.21. The van der Waals surface area contributed by atoms with Gasteiger partial charge in [-0.3, -0.25) is 5.32 Å². The number of nitrogens with one attached hydrogen (secondary N) is 1. The SMILES string of the molecule is CCNC(C)(C#N)CCCN1CC(C)CC(C)C1. The van der Waals surface area contributed by atoms with Gasteiger partial charge in [0.15, 0.2) is 0 Å². The number of nitriles is 1. The van der Waals surface area contributed by atoms with Gasteiger partial charge in [0.1, 0.15) is 5.54 Å². The van der Waals surface area contributed by atoms with Crippen LogP contribution in [0.2, 0.25) is 0 Å². The third kappa shape index (κ3) is 4.96. The van der Waals surface area contributed by atoms with Crippen molar-refractivity contribution in [2.45, 2.75) is 52.5 Å². The Morgan fingerprint density at radius 3 is 2.44 bits per heavy atom. The van der Waals surface area contributed by atoms with Crippen molar-refractivity contribution in [2.24, 2.45) is 11.8 Å². The highest BCUT2D eigenvalue weighted by atomic mass is 15.1. The van der Waals surface area contributed by atoms with Crippen molar-refractivity contribution in [3.05, 3.63) is 0 Å². The Hall–Kier alpha value is -0.590. The summed E-state index contributed by atoms with van der Waals surface area (Å²) in [7, 11) is 0. The summed E-state index contributed by atoms with van der Waals surface area (Å²) in [6.07, 6.45) is 3.41. The Balaban J connectivity index is 2.30. The highest BCUT2D eigenvalue weighted by Gasteiger charge is 2.24. The second-order valence-corrected chi connectivity index (χ2v) is 6.28. The molecule has 1 N–H and O–H groups in total. The zero-order valence-electron chi connectivity index (χ0n) is 12.5. The van der Waals surface area contributed by atoms with E-state index in [4.69, 9.17) is 0 Å². The second-order valence-electron chi connectivity index (χ2n) is 6.28. The molecular formula is C15H29N3. The minimum absolute atomic E-state index is 0.345. The Kier molecular flexibility index (Phi) is 6.11. The van der Waals surface area contributed by atoms with Crippen molar-refractivity contribution in [2.75, 3.05) is 26.2 Å². The monoisotopic (exact) mass is 251 g/mol. The lowest BCUT2D eigenvalue weighted by Crippen LogP contribution is -2.43. The van der Waals surface area contributed by atoms with E-state index in [1.54, 1.807) is 0 Å². The van der Waals surface area contributed by atoms with Crippen molar-refractivity contribution >= 4 is 0 Å². The van der Waals surface area contributed by atoms with E-state index in [0.717, 1.165) is 37.8 Å². The average Bonchev–Trinajstić information content (AvgIpc) is 2.28. The molecule has 1 aliphatic rings. The van der Waals surface area contributed by atoms with Crippen LogP contribution in [0.15, 0.2) is 0 Å². The summed E-state index contributed by atoms with van der Waals surface area (Å²) in [5, 5.41) is 12.5. The van der Waals surface area contributed by atoms with E-state index in [-0.39, 0.29) is 5.54 Å². The second kappa shape index (κ2) is 7.11. The molecule has 0 aromatic rings. The molecule has 18 heavy (non-hydrogen) atoms. The molecule has 1 saturated heterocycles. The van der Waals surface area contributed by atoms with Gasteiger partial charge >= 0.3 is 0 Å². The number of hydrogen-bond acceptors (Lipinski definition) is 3.